The molecule has 2 aromatic carbocycles. The summed E-state index contributed by atoms with van der Waals surface area (Å²) in [5, 5.41) is 24.4. The second-order valence-electron chi connectivity index (χ2n) is 4.68. The molecule has 0 radical (unpaired) electrons. The molecule has 0 aromatic heterocycles. The third-order valence-electron chi connectivity index (χ3n) is 3.11. The molecule has 0 bridgehead atoms. The van der Waals surface area contributed by atoms with Gasteiger partial charge in [-0.05, 0) is 48.4 Å². The van der Waals surface area contributed by atoms with Gasteiger partial charge in [0.05, 0.1) is 0 Å². The number of hydrogen-bond donors (Lipinski definition) is 3. The maximum atomic E-state index is 12.2. The van der Waals surface area contributed by atoms with E-state index in [0.717, 1.165) is 11.6 Å². The number of nitrogens with one attached hydrogen (secondary N) is 1. The van der Waals surface area contributed by atoms with E-state index in [2.05, 4.69) is 15.3 Å². The van der Waals surface area contributed by atoms with E-state index >= 15 is 0 Å². The highest BCUT2D eigenvalue weighted by Crippen LogP contribution is 2.23. The van der Waals surface area contributed by atoms with Crippen LogP contribution in [0.3, 0.4) is 0 Å². The predicted molar refractivity (Wildman–Crippen MR) is 83.0 cm³/mol. The molecule has 0 saturated carbocycles. The first-order valence-electron chi connectivity index (χ1n) is 6.46. The summed E-state index contributed by atoms with van der Waals surface area (Å²) in [5.74, 6) is -2.20. The number of amides is 1. The second-order valence-corrected chi connectivity index (χ2v) is 4.68. The third-order valence-corrected chi connectivity index (χ3v) is 3.11. The molecule has 0 fully saturated rings. The number of rotatable bonds is 4. The number of azide groups is 1. The lowest BCUT2D eigenvalue weighted by Crippen LogP contribution is -2.12. The zero-order chi connectivity index (χ0) is 17.0. The van der Waals surface area contributed by atoms with Crippen molar-refractivity contribution in [3.8, 4) is 5.75 Å². The van der Waals surface area contributed by atoms with Crippen molar-refractivity contribution < 1.29 is 19.8 Å². The predicted octanol–water partition coefficient (Wildman–Crippen LogP) is 3.59. The van der Waals surface area contributed by atoms with Crippen LogP contribution in [0.25, 0.3) is 10.4 Å². The molecule has 0 atom stereocenters. The molecule has 0 heterocycles. The number of carbonyl (C=O) groups is 2. The Morgan fingerprint density at radius 3 is 2.61 bits per heavy atom. The Hall–Kier alpha value is -3.51. The Bertz CT molecular complexity index is 841. The Labute approximate surface area is 130 Å². The lowest BCUT2D eigenvalue weighted by molar-refractivity contribution is 0.0693. The number of nitrogens with zero attached hydrogens (tertiary/aromatic N) is 3. The topological polar surface area (TPSA) is 135 Å². The van der Waals surface area contributed by atoms with Gasteiger partial charge in [0.2, 0.25) is 0 Å². The summed E-state index contributed by atoms with van der Waals surface area (Å²) in [7, 11) is 0. The first kappa shape index (κ1) is 15.9. The minimum Gasteiger partial charge on any atom is -0.507 e. The monoisotopic (exact) mass is 312 g/mol. The van der Waals surface area contributed by atoms with E-state index < -0.39 is 17.6 Å². The molecular formula is C15H12N4O4. The Balaban J connectivity index is 2.29. The number of anilines is 1. The van der Waals surface area contributed by atoms with Gasteiger partial charge in [-0.1, -0.05) is 11.2 Å². The van der Waals surface area contributed by atoms with E-state index in [1.807, 2.05) is 0 Å². The van der Waals surface area contributed by atoms with Gasteiger partial charge in [-0.3, -0.25) is 4.79 Å². The quantitative estimate of drug-likeness (QED) is 0.344. The molecule has 116 valence electrons. The first-order chi connectivity index (χ1) is 10.9. The van der Waals surface area contributed by atoms with Crippen LogP contribution in [0.15, 0.2) is 41.5 Å². The van der Waals surface area contributed by atoms with Crippen molar-refractivity contribution in [1.82, 2.24) is 0 Å². The van der Waals surface area contributed by atoms with Gasteiger partial charge in [-0.15, -0.1) is 0 Å². The Kier molecular flexibility index (Phi) is 4.49. The molecule has 0 aliphatic heterocycles. The Morgan fingerprint density at radius 2 is 1.96 bits per heavy atom. The van der Waals surface area contributed by atoms with Crippen LogP contribution in [0.1, 0.15) is 26.3 Å². The molecule has 0 spiro atoms. The van der Waals surface area contributed by atoms with Gasteiger partial charge in [0, 0.05) is 21.8 Å². The van der Waals surface area contributed by atoms with Gasteiger partial charge in [0.1, 0.15) is 11.3 Å². The lowest BCUT2D eigenvalue weighted by atomic mass is 10.1. The Morgan fingerprint density at radius 1 is 1.22 bits per heavy atom. The van der Waals surface area contributed by atoms with E-state index in [1.54, 1.807) is 19.1 Å². The standard InChI is InChI=1S/C15H12N4O4/c1-8-2-3-9(6-12(8)18-19-16)14(21)17-10-4-5-13(20)11(7-10)15(22)23/h2-7,20H,1H3,(H,17,21)(H,22,23). The average molecular weight is 312 g/mol. The van der Waals surface area contributed by atoms with Crippen molar-refractivity contribution in [3.05, 3.63) is 63.5 Å². The number of aryl methyl sites for hydroxylation is 1. The molecule has 0 aliphatic carbocycles. The van der Waals surface area contributed by atoms with Crippen LogP contribution in [0, 0.1) is 6.92 Å². The van der Waals surface area contributed by atoms with E-state index in [0.29, 0.717) is 5.69 Å². The van der Waals surface area contributed by atoms with Crippen LogP contribution >= 0.6 is 0 Å². The second kappa shape index (κ2) is 6.50. The molecule has 1 amide bonds. The molecular weight excluding hydrogens is 300 g/mol. The average Bonchev–Trinajstić information content (AvgIpc) is 2.51. The summed E-state index contributed by atoms with van der Waals surface area (Å²) in [6, 6.07) is 8.33. The maximum Gasteiger partial charge on any atom is 0.339 e. The summed E-state index contributed by atoms with van der Waals surface area (Å²) in [4.78, 5) is 25.8. The summed E-state index contributed by atoms with van der Waals surface area (Å²) in [5.41, 5.74) is 9.70. The zero-order valence-corrected chi connectivity index (χ0v) is 12.0. The van der Waals surface area contributed by atoms with Crippen molar-refractivity contribution in [3.63, 3.8) is 0 Å². The van der Waals surface area contributed by atoms with Crippen LogP contribution < -0.4 is 5.32 Å². The van der Waals surface area contributed by atoms with E-state index in [-0.39, 0.29) is 16.8 Å². The van der Waals surface area contributed by atoms with Crippen LogP contribution in [0.2, 0.25) is 0 Å². The van der Waals surface area contributed by atoms with Crippen molar-refractivity contribution in [2.45, 2.75) is 6.92 Å². The highest BCUT2D eigenvalue weighted by Gasteiger charge is 2.13. The third kappa shape index (κ3) is 3.58. The fourth-order valence-electron chi connectivity index (χ4n) is 1.89. The SMILES string of the molecule is Cc1ccc(C(=O)Nc2ccc(O)c(C(=O)O)c2)cc1N=[N+]=[N-]. The number of hydrogen-bond acceptors (Lipinski definition) is 4. The normalized spacial score (nSPS) is 9.78. The number of carboxylic acids is 1. The molecule has 3 N–H and O–H groups in total. The fraction of sp³-hybridized carbons (Fsp3) is 0.0667. The highest BCUT2D eigenvalue weighted by molar-refractivity contribution is 6.05. The van der Waals surface area contributed by atoms with Gasteiger partial charge in [0.15, 0.2) is 0 Å². The van der Waals surface area contributed by atoms with Gasteiger partial charge >= 0.3 is 5.97 Å². The summed E-state index contributed by atoms with van der Waals surface area (Å²) in [6.45, 7) is 1.74. The highest BCUT2D eigenvalue weighted by atomic mass is 16.4. The summed E-state index contributed by atoms with van der Waals surface area (Å²) in [6.07, 6.45) is 0. The molecule has 8 nitrogen and oxygen atoms in total. The first-order valence-corrected chi connectivity index (χ1v) is 6.46. The van der Waals surface area contributed by atoms with Crippen LogP contribution in [-0.4, -0.2) is 22.1 Å². The van der Waals surface area contributed by atoms with Crippen LogP contribution in [0.5, 0.6) is 5.75 Å². The molecule has 2 aromatic rings. The molecule has 23 heavy (non-hydrogen) atoms. The van der Waals surface area contributed by atoms with Gasteiger partial charge in [-0.25, -0.2) is 4.79 Å². The van der Waals surface area contributed by atoms with Gasteiger partial charge < -0.3 is 15.5 Å². The molecule has 0 saturated heterocycles. The van der Waals surface area contributed by atoms with Gasteiger partial charge in [-0.2, -0.15) is 0 Å². The van der Waals surface area contributed by atoms with E-state index in [1.165, 1.54) is 18.2 Å². The largest absolute Gasteiger partial charge is 0.507 e. The van der Waals surface area contributed by atoms with Crippen LogP contribution in [0.4, 0.5) is 11.4 Å². The number of aromatic carboxylic acids is 1. The molecule has 0 aliphatic rings. The number of phenols is 1. The van der Waals surface area contributed by atoms with Crippen LogP contribution in [-0.2, 0) is 0 Å². The van der Waals surface area contributed by atoms with Crippen molar-refractivity contribution in [2.24, 2.45) is 5.11 Å². The molecule has 2 rings (SSSR count). The number of aromatic hydroxyl groups is 1. The summed E-state index contributed by atoms with van der Waals surface area (Å²) >= 11 is 0. The van der Waals surface area contributed by atoms with E-state index in [4.69, 9.17) is 10.6 Å². The number of benzene rings is 2. The zero-order valence-electron chi connectivity index (χ0n) is 12.0. The van der Waals surface area contributed by atoms with Gasteiger partial charge in [0.25, 0.3) is 5.91 Å². The molecule has 0 unspecified atom stereocenters. The molecule has 8 heteroatoms. The lowest BCUT2D eigenvalue weighted by Gasteiger charge is -2.08. The van der Waals surface area contributed by atoms with E-state index in [9.17, 15) is 14.7 Å². The minimum atomic E-state index is -1.31. The van der Waals surface area contributed by atoms with Crippen molar-refractivity contribution in [1.29, 1.82) is 0 Å². The van der Waals surface area contributed by atoms with Crippen molar-refractivity contribution >= 4 is 23.3 Å². The smallest absolute Gasteiger partial charge is 0.339 e. The number of carboxylic acid groups (broad SMARTS) is 1. The minimum absolute atomic E-state index is 0.219. The number of carbonyl (C=O) groups excluding carboxylic acids is 1. The maximum absolute atomic E-state index is 12.2. The fourth-order valence-corrected chi connectivity index (χ4v) is 1.89. The van der Waals surface area contributed by atoms with Crippen molar-refractivity contribution in [2.75, 3.05) is 5.32 Å². The summed E-state index contributed by atoms with van der Waals surface area (Å²) < 4.78 is 0.